The average molecular weight is 290 g/mol. The van der Waals surface area contributed by atoms with E-state index in [0.717, 1.165) is 45.0 Å². The molecule has 0 radical (unpaired) electrons. The molecule has 0 aliphatic carbocycles. The summed E-state index contributed by atoms with van der Waals surface area (Å²) in [5.74, 6) is 0.957. The SMILES string of the molecule is c1cc(OCC2CCCCO2)cc(N2CCCNCC2)c1. The van der Waals surface area contributed by atoms with Gasteiger partial charge in [0, 0.05) is 38.0 Å². The third-order valence-electron chi connectivity index (χ3n) is 4.23. The van der Waals surface area contributed by atoms with Crippen molar-refractivity contribution in [3.63, 3.8) is 0 Å². The van der Waals surface area contributed by atoms with Crippen molar-refractivity contribution in [1.29, 1.82) is 0 Å². The Morgan fingerprint density at radius 2 is 2.19 bits per heavy atom. The van der Waals surface area contributed by atoms with E-state index >= 15 is 0 Å². The van der Waals surface area contributed by atoms with Crippen LogP contribution in [0.5, 0.6) is 5.75 Å². The molecule has 0 aromatic heterocycles. The highest BCUT2D eigenvalue weighted by Crippen LogP contribution is 2.23. The Bertz CT molecular complexity index is 425. The Balaban J connectivity index is 1.56. The summed E-state index contributed by atoms with van der Waals surface area (Å²) in [7, 11) is 0. The lowest BCUT2D eigenvalue weighted by Gasteiger charge is -2.24. The molecule has 0 bridgehead atoms. The molecule has 2 aliphatic rings. The lowest BCUT2D eigenvalue weighted by atomic mass is 10.1. The predicted octanol–water partition coefficient (Wildman–Crippen LogP) is 2.43. The van der Waals surface area contributed by atoms with Gasteiger partial charge in [0.05, 0.1) is 6.10 Å². The highest BCUT2D eigenvalue weighted by atomic mass is 16.5. The summed E-state index contributed by atoms with van der Waals surface area (Å²) in [5.41, 5.74) is 1.26. The Kier molecular flexibility index (Phi) is 5.35. The van der Waals surface area contributed by atoms with E-state index in [2.05, 4.69) is 28.4 Å². The minimum atomic E-state index is 0.268. The summed E-state index contributed by atoms with van der Waals surface area (Å²) >= 11 is 0. The van der Waals surface area contributed by atoms with Crippen molar-refractivity contribution >= 4 is 5.69 Å². The van der Waals surface area contributed by atoms with Crippen LogP contribution >= 0.6 is 0 Å². The van der Waals surface area contributed by atoms with Crippen LogP contribution in [-0.2, 0) is 4.74 Å². The maximum atomic E-state index is 5.94. The number of hydrogen-bond donors (Lipinski definition) is 1. The average Bonchev–Trinajstić information content (AvgIpc) is 2.83. The van der Waals surface area contributed by atoms with Gasteiger partial charge in [-0.05, 0) is 44.4 Å². The van der Waals surface area contributed by atoms with Gasteiger partial charge in [-0.3, -0.25) is 0 Å². The van der Waals surface area contributed by atoms with E-state index < -0.39 is 0 Å². The number of hydrogen-bond acceptors (Lipinski definition) is 4. The van der Waals surface area contributed by atoms with Gasteiger partial charge in [0.25, 0.3) is 0 Å². The van der Waals surface area contributed by atoms with Crippen LogP contribution in [0.4, 0.5) is 5.69 Å². The second kappa shape index (κ2) is 7.66. The Labute approximate surface area is 127 Å². The van der Waals surface area contributed by atoms with Crippen molar-refractivity contribution in [3.05, 3.63) is 24.3 Å². The van der Waals surface area contributed by atoms with E-state index in [1.807, 2.05) is 6.07 Å². The quantitative estimate of drug-likeness (QED) is 0.923. The molecule has 1 atom stereocenters. The Hall–Kier alpha value is -1.26. The maximum Gasteiger partial charge on any atom is 0.121 e. The van der Waals surface area contributed by atoms with Gasteiger partial charge in [0.15, 0.2) is 0 Å². The molecule has 21 heavy (non-hydrogen) atoms. The highest BCUT2D eigenvalue weighted by molar-refractivity contribution is 5.50. The molecule has 1 unspecified atom stereocenters. The fourth-order valence-electron chi connectivity index (χ4n) is 3.00. The molecule has 4 heteroatoms. The van der Waals surface area contributed by atoms with Gasteiger partial charge in [-0.15, -0.1) is 0 Å². The molecule has 2 saturated heterocycles. The zero-order valence-corrected chi connectivity index (χ0v) is 12.7. The summed E-state index contributed by atoms with van der Waals surface area (Å²) in [6.45, 7) is 5.91. The predicted molar refractivity (Wildman–Crippen MR) is 85.2 cm³/mol. The highest BCUT2D eigenvalue weighted by Gasteiger charge is 2.15. The first-order valence-corrected chi connectivity index (χ1v) is 8.22. The molecule has 4 nitrogen and oxygen atoms in total. The Morgan fingerprint density at radius 3 is 3.10 bits per heavy atom. The topological polar surface area (TPSA) is 33.7 Å². The molecular formula is C17H26N2O2. The van der Waals surface area contributed by atoms with Crippen LogP contribution in [0.2, 0.25) is 0 Å². The number of ether oxygens (including phenoxy) is 2. The van der Waals surface area contributed by atoms with Crippen molar-refractivity contribution in [2.45, 2.75) is 31.8 Å². The van der Waals surface area contributed by atoms with Gasteiger partial charge < -0.3 is 19.7 Å². The summed E-state index contributed by atoms with van der Waals surface area (Å²) in [4.78, 5) is 2.43. The third-order valence-corrected chi connectivity index (χ3v) is 4.23. The van der Waals surface area contributed by atoms with Crippen molar-refractivity contribution in [1.82, 2.24) is 5.32 Å². The van der Waals surface area contributed by atoms with Crippen LogP contribution in [0.15, 0.2) is 24.3 Å². The van der Waals surface area contributed by atoms with Crippen LogP contribution in [0.3, 0.4) is 0 Å². The molecule has 0 amide bonds. The molecule has 0 saturated carbocycles. The number of benzene rings is 1. The van der Waals surface area contributed by atoms with Crippen molar-refractivity contribution < 1.29 is 9.47 Å². The van der Waals surface area contributed by atoms with Gasteiger partial charge in [0.2, 0.25) is 0 Å². The molecule has 3 rings (SSSR count). The monoisotopic (exact) mass is 290 g/mol. The smallest absolute Gasteiger partial charge is 0.121 e. The van der Waals surface area contributed by atoms with Crippen LogP contribution in [0.1, 0.15) is 25.7 Å². The summed E-state index contributed by atoms with van der Waals surface area (Å²) in [6, 6.07) is 8.47. The van der Waals surface area contributed by atoms with Gasteiger partial charge in [0.1, 0.15) is 12.4 Å². The zero-order chi connectivity index (χ0) is 14.3. The van der Waals surface area contributed by atoms with Crippen molar-refractivity contribution in [2.24, 2.45) is 0 Å². The Morgan fingerprint density at radius 1 is 1.19 bits per heavy atom. The van der Waals surface area contributed by atoms with Crippen LogP contribution in [-0.4, -0.2) is 45.5 Å². The first-order valence-electron chi connectivity index (χ1n) is 8.22. The summed E-state index contributed by atoms with van der Waals surface area (Å²) in [5, 5.41) is 3.44. The van der Waals surface area contributed by atoms with Gasteiger partial charge in [-0.1, -0.05) is 6.07 Å². The van der Waals surface area contributed by atoms with Crippen molar-refractivity contribution in [3.8, 4) is 5.75 Å². The summed E-state index contributed by atoms with van der Waals surface area (Å²) in [6.07, 6.45) is 5.03. The molecule has 1 aromatic rings. The number of rotatable bonds is 4. The second-order valence-electron chi connectivity index (χ2n) is 5.89. The largest absolute Gasteiger partial charge is 0.491 e. The van der Waals surface area contributed by atoms with Crippen LogP contribution in [0.25, 0.3) is 0 Å². The molecule has 2 aliphatic heterocycles. The minimum Gasteiger partial charge on any atom is -0.491 e. The lowest BCUT2D eigenvalue weighted by molar-refractivity contribution is -0.0110. The first kappa shape index (κ1) is 14.7. The van der Waals surface area contributed by atoms with E-state index in [1.165, 1.54) is 24.9 Å². The lowest BCUT2D eigenvalue weighted by Crippen LogP contribution is -2.28. The van der Waals surface area contributed by atoms with E-state index in [-0.39, 0.29) is 6.10 Å². The molecule has 0 spiro atoms. The van der Waals surface area contributed by atoms with E-state index in [1.54, 1.807) is 0 Å². The van der Waals surface area contributed by atoms with Crippen LogP contribution < -0.4 is 15.0 Å². The van der Waals surface area contributed by atoms with Gasteiger partial charge in [-0.2, -0.15) is 0 Å². The molecule has 2 heterocycles. The number of nitrogens with one attached hydrogen (secondary N) is 1. The normalized spacial score (nSPS) is 23.6. The number of anilines is 1. The maximum absolute atomic E-state index is 5.94. The molecular weight excluding hydrogens is 264 g/mol. The minimum absolute atomic E-state index is 0.268. The second-order valence-corrected chi connectivity index (χ2v) is 5.89. The standard InChI is InChI=1S/C17H26N2O2/c1-2-12-20-17(6-1)14-21-16-7-3-5-15(13-16)19-10-4-8-18-9-11-19/h3,5,7,13,17-18H,1-2,4,6,8-12,14H2. The first-order chi connectivity index (χ1) is 10.4. The van der Waals surface area contributed by atoms with E-state index in [4.69, 9.17) is 9.47 Å². The van der Waals surface area contributed by atoms with Gasteiger partial charge in [-0.25, -0.2) is 0 Å². The molecule has 2 fully saturated rings. The number of nitrogens with zero attached hydrogens (tertiary/aromatic N) is 1. The summed E-state index contributed by atoms with van der Waals surface area (Å²) < 4.78 is 11.7. The zero-order valence-electron chi connectivity index (χ0n) is 12.7. The van der Waals surface area contributed by atoms with E-state index in [9.17, 15) is 0 Å². The third kappa shape index (κ3) is 4.35. The molecule has 1 aromatic carbocycles. The van der Waals surface area contributed by atoms with E-state index in [0.29, 0.717) is 6.61 Å². The van der Waals surface area contributed by atoms with Crippen molar-refractivity contribution in [2.75, 3.05) is 44.3 Å². The fraction of sp³-hybridized carbons (Fsp3) is 0.647. The fourth-order valence-corrected chi connectivity index (χ4v) is 3.00. The molecule has 1 N–H and O–H groups in total. The molecule has 116 valence electrons. The van der Waals surface area contributed by atoms with Gasteiger partial charge >= 0.3 is 0 Å². The van der Waals surface area contributed by atoms with Crippen LogP contribution in [0, 0.1) is 0 Å².